The van der Waals surface area contributed by atoms with Gasteiger partial charge in [0, 0.05) is 5.56 Å². The van der Waals surface area contributed by atoms with Gasteiger partial charge in [0.2, 0.25) is 6.04 Å². The maximum absolute atomic E-state index is 10.8. The summed E-state index contributed by atoms with van der Waals surface area (Å²) in [4.78, 5) is 12.1. The van der Waals surface area contributed by atoms with E-state index in [9.17, 15) is 4.79 Å². The number of methoxy groups -OCH3 is 1. The average Bonchev–Trinajstić information content (AvgIpc) is 2.98. The molecular weight excluding hydrogens is 192 g/mol. The zero-order valence-electron chi connectivity index (χ0n) is 8.69. The minimum absolute atomic E-state index is 0.0205. The SMILES string of the molecule is COc1ccc(C[NH+]2C[C@@H]2C(N)=O)cc1. The van der Waals surface area contributed by atoms with Crippen LogP contribution in [0.3, 0.4) is 0 Å². The molecule has 0 spiro atoms. The molecule has 1 aromatic carbocycles. The first-order valence-electron chi connectivity index (χ1n) is 4.97. The van der Waals surface area contributed by atoms with Crippen LogP contribution in [0.15, 0.2) is 24.3 Å². The fourth-order valence-corrected chi connectivity index (χ4v) is 1.71. The molecule has 1 aliphatic heterocycles. The first-order valence-corrected chi connectivity index (χ1v) is 4.97. The Hall–Kier alpha value is -1.55. The molecule has 4 nitrogen and oxygen atoms in total. The van der Waals surface area contributed by atoms with Crippen molar-refractivity contribution in [1.29, 1.82) is 0 Å². The largest absolute Gasteiger partial charge is 0.497 e. The third-order valence-corrected chi connectivity index (χ3v) is 2.73. The lowest BCUT2D eigenvalue weighted by Crippen LogP contribution is -2.93. The fraction of sp³-hybridized carbons (Fsp3) is 0.364. The molecule has 0 radical (unpaired) electrons. The molecule has 1 amide bonds. The van der Waals surface area contributed by atoms with E-state index in [0.717, 1.165) is 18.8 Å². The highest BCUT2D eigenvalue weighted by molar-refractivity contribution is 5.80. The highest BCUT2D eigenvalue weighted by Crippen LogP contribution is 2.10. The van der Waals surface area contributed by atoms with E-state index < -0.39 is 0 Å². The number of carbonyl (C=O) groups is 1. The van der Waals surface area contributed by atoms with Crippen LogP contribution in [0.5, 0.6) is 5.75 Å². The number of nitrogens with one attached hydrogen (secondary N) is 1. The lowest BCUT2D eigenvalue weighted by Gasteiger charge is -2.02. The third-order valence-electron chi connectivity index (χ3n) is 2.73. The van der Waals surface area contributed by atoms with Crippen LogP contribution in [0.2, 0.25) is 0 Å². The van der Waals surface area contributed by atoms with E-state index in [2.05, 4.69) is 0 Å². The lowest BCUT2D eigenvalue weighted by atomic mass is 10.2. The lowest BCUT2D eigenvalue weighted by molar-refractivity contribution is -0.784. The average molecular weight is 207 g/mol. The maximum Gasteiger partial charge on any atom is 0.281 e. The van der Waals surface area contributed by atoms with E-state index in [1.807, 2.05) is 24.3 Å². The number of carbonyl (C=O) groups excluding carboxylic acids is 1. The molecule has 4 heteroatoms. The van der Waals surface area contributed by atoms with E-state index in [4.69, 9.17) is 10.5 Å². The second-order valence-corrected chi connectivity index (χ2v) is 3.84. The van der Waals surface area contributed by atoms with Gasteiger partial charge in [0.25, 0.3) is 5.91 Å². The predicted octanol–water partition coefficient (Wildman–Crippen LogP) is -1.05. The van der Waals surface area contributed by atoms with Crippen LogP contribution in [0.4, 0.5) is 0 Å². The second-order valence-electron chi connectivity index (χ2n) is 3.84. The van der Waals surface area contributed by atoms with Gasteiger partial charge in [0.15, 0.2) is 0 Å². The Morgan fingerprint density at radius 2 is 2.20 bits per heavy atom. The van der Waals surface area contributed by atoms with Crippen molar-refractivity contribution >= 4 is 5.91 Å². The van der Waals surface area contributed by atoms with E-state index in [1.165, 1.54) is 10.5 Å². The standard InChI is InChI=1S/C11H14N2O2/c1-15-9-4-2-8(3-5-9)6-13-7-10(13)11(12)14/h2-5,10H,6-7H2,1H3,(H2,12,14)/p+1/t10-,13?/m1/s1. The number of nitrogens with two attached hydrogens (primary N) is 1. The van der Waals surface area contributed by atoms with Crippen LogP contribution in [0.25, 0.3) is 0 Å². The molecule has 80 valence electrons. The van der Waals surface area contributed by atoms with Gasteiger partial charge in [-0.1, -0.05) is 0 Å². The molecule has 3 N–H and O–H groups in total. The highest BCUT2D eigenvalue weighted by atomic mass is 16.5. The summed E-state index contributed by atoms with van der Waals surface area (Å²) in [6.45, 7) is 1.72. The van der Waals surface area contributed by atoms with E-state index in [0.29, 0.717) is 0 Å². The minimum Gasteiger partial charge on any atom is -0.497 e. The van der Waals surface area contributed by atoms with E-state index in [-0.39, 0.29) is 11.9 Å². The Morgan fingerprint density at radius 1 is 1.53 bits per heavy atom. The molecule has 2 atom stereocenters. The summed E-state index contributed by atoms with van der Waals surface area (Å²) in [5.41, 5.74) is 6.41. The zero-order valence-corrected chi connectivity index (χ0v) is 8.69. The predicted molar refractivity (Wildman–Crippen MR) is 55.5 cm³/mol. The molecule has 2 rings (SSSR count). The number of benzene rings is 1. The molecule has 15 heavy (non-hydrogen) atoms. The zero-order chi connectivity index (χ0) is 10.8. The monoisotopic (exact) mass is 207 g/mol. The number of primary amides is 1. The van der Waals surface area contributed by atoms with Crippen LogP contribution in [0.1, 0.15) is 5.56 Å². The normalized spacial score (nSPS) is 23.5. The van der Waals surface area contributed by atoms with Crippen molar-refractivity contribution in [3.05, 3.63) is 29.8 Å². The molecular formula is C11H15N2O2+. The molecule has 1 heterocycles. The quantitative estimate of drug-likeness (QED) is 0.619. The number of hydrogen-bond donors (Lipinski definition) is 2. The molecule has 1 fully saturated rings. The smallest absolute Gasteiger partial charge is 0.281 e. The van der Waals surface area contributed by atoms with Gasteiger partial charge in [-0.3, -0.25) is 4.79 Å². The Balaban J connectivity index is 1.92. The Kier molecular flexibility index (Phi) is 2.60. The summed E-state index contributed by atoms with van der Waals surface area (Å²) >= 11 is 0. The number of rotatable bonds is 4. The van der Waals surface area contributed by atoms with E-state index in [1.54, 1.807) is 7.11 Å². The summed E-state index contributed by atoms with van der Waals surface area (Å²) in [6.07, 6.45) is 0. The first kappa shape index (κ1) is 9.98. The van der Waals surface area contributed by atoms with Gasteiger partial charge in [-0.05, 0) is 24.3 Å². The molecule has 0 saturated carbocycles. The third kappa shape index (κ3) is 2.27. The molecule has 1 aliphatic rings. The van der Waals surface area contributed by atoms with Crippen LogP contribution < -0.4 is 15.4 Å². The van der Waals surface area contributed by atoms with Crippen LogP contribution in [0, 0.1) is 0 Å². The number of ether oxygens (including phenoxy) is 1. The van der Waals surface area contributed by atoms with Crippen LogP contribution in [-0.4, -0.2) is 25.6 Å². The number of hydrogen-bond acceptors (Lipinski definition) is 2. The molecule has 1 unspecified atom stereocenters. The van der Waals surface area contributed by atoms with Gasteiger partial charge in [-0.15, -0.1) is 0 Å². The summed E-state index contributed by atoms with van der Waals surface area (Å²) < 4.78 is 5.07. The van der Waals surface area contributed by atoms with Crippen LogP contribution >= 0.6 is 0 Å². The summed E-state index contributed by atoms with van der Waals surface area (Å²) in [6, 6.07) is 7.91. The summed E-state index contributed by atoms with van der Waals surface area (Å²) in [7, 11) is 1.65. The van der Waals surface area contributed by atoms with Crippen molar-refractivity contribution in [1.82, 2.24) is 0 Å². The molecule has 0 aromatic heterocycles. The topological polar surface area (TPSA) is 56.8 Å². The van der Waals surface area contributed by atoms with Gasteiger partial charge in [-0.25, -0.2) is 0 Å². The molecule has 1 aromatic rings. The maximum atomic E-state index is 10.8. The van der Waals surface area contributed by atoms with Gasteiger partial charge >= 0.3 is 0 Å². The van der Waals surface area contributed by atoms with Gasteiger partial charge in [-0.2, -0.15) is 0 Å². The van der Waals surface area contributed by atoms with Crippen molar-refractivity contribution in [3.63, 3.8) is 0 Å². The fourth-order valence-electron chi connectivity index (χ4n) is 1.71. The van der Waals surface area contributed by atoms with E-state index >= 15 is 0 Å². The van der Waals surface area contributed by atoms with Crippen molar-refractivity contribution in [3.8, 4) is 5.75 Å². The molecule has 0 aliphatic carbocycles. The Morgan fingerprint density at radius 3 is 2.67 bits per heavy atom. The summed E-state index contributed by atoms with van der Waals surface area (Å²) in [5, 5.41) is 0. The highest BCUT2D eigenvalue weighted by Gasteiger charge is 2.44. The minimum atomic E-state index is -0.196. The van der Waals surface area contributed by atoms with Gasteiger partial charge in [0.1, 0.15) is 18.8 Å². The number of amides is 1. The van der Waals surface area contributed by atoms with Crippen molar-refractivity contribution in [2.24, 2.45) is 5.73 Å². The molecule has 0 bridgehead atoms. The number of quaternary nitrogens is 1. The Bertz CT molecular complexity index is 361. The second kappa shape index (κ2) is 3.90. The summed E-state index contributed by atoms with van der Waals surface area (Å²) in [5.74, 6) is 0.657. The van der Waals surface area contributed by atoms with Crippen molar-refractivity contribution in [2.45, 2.75) is 12.6 Å². The van der Waals surface area contributed by atoms with Gasteiger partial charge < -0.3 is 15.4 Å². The van der Waals surface area contributed by atoms with Crippen molar-refractivity contribution in [2.75, 3.05) is 13.7 Å². The molecule has 1 saturated heterocycles. The van der Waals surface area contributed by atoms with Crippen molar-refractivity contribution < 1.29 is 14.4 Å². The Labute approximate surface area is 88.6 Å². The van der Waals surface area contributed by atoms with Crippen LogP contribution in [-0.2, 0) is 11.3 Å². The van der Waals surface area contributed by atoms with Gasteiger partial charge in [0.05, 0.1) is 7.11 Å². The first-order chi connectivity index (χ1) is 7.20.